The molecule has 154 valence electrons. The molecule has 0 radical (unpaired) electrons. The fraction of sp³-hybridized carbons (Fsp3) is 0.240. The topological polar surface area (TPSA) is 53.0 Å². The number of hydrogen-bond acceptors (Lipinski definition) is 4. The summed E-state index contributed by atoms with van der Waals surface area (Å²) in [6, 6.07) is 23.3. The molecule has 1 aliphatic heterocycles. The molecular weight excluding hydrogens is 376 g/mol. The maximum atomic E-state index is 12.2. The van der Waals surface area contributed by atoms with Crippen LogP contribution in [0.2, 0.25) is 0 Å². The monoisotopic (exact) mass is 402 g/mol. The van der Waals surface area contributed by atoms with Crippen LogP contribution < -0.4 is 9.64 Å². The van der Waals surface area contributed by atoms with E-state index in [2.05, 4.69) is 41.3 Å². The lowest BCUT2D eigenvalue weighted by molar-refractivity contribution is -0.143. The van der Waals surface area contributed by atoms with Gasteiger partial charge in [0.25, 0.3) is 0 Å². The molecule has 0 bridgehead atoms. The maximum absolute atomic E-state index is 12.2. The Kier molecular flexibility index (Phi) is 5.72. The smallest absolute Gasteiger partial charge is 0.325 e. The number of rotatable bonds is 5. The highest BCUT2D eigenvalue weighted by Crippen LogP contribution is 2.34. The largest absolute Gasteiger partial charge is 0.492 e. The summed E-state index contributed by atoms with van der Waals surface area (Å²) in [7, 11) is 4.04. The molecule has 3 aromatic rings. The van der Waals surface area contributed by atoms with E-state index in [0.717, 1.165) is 22.4 Å². The Balaban J connectivity index is 1.68. The predicted octanol–water partition coefficient (Wildman–Crippen LogP) is 4.44. The molecule has 1 N–H and O–H groups in total. The number of carbonyl (C=O) groups is 1. The van der Waals surface area contributed by atoms with Gasteiger partial charge in [-0.25, -0.2) is 0 Å². The number of ether oxygens (including phenoxy) is 1. The van der Waals surface area contributed by atoms with Crippen molar-refractivity contribution in [3.8, 4) is 16.9 Å². The molecule has 0 spiro atoms. The first-order chi connectivity index (χ1) is 14.5. The van der Waals surface area contributed by atoms with Crippen molar-refractivity contribution in [2.75, 3.05) is 32.1 Å². The van der Waals surface area contributed by atoms with E-state index in [9.17, 15) is 9.90 Å². The first-order valence-electron chi connectivity index (χ1n) is 10.1. The van der Waals surface area contributed by atoms with Crippen LogP contribution in [0.3, 0.4) is 0 Å². The summed E-state index contributed by atoms with van der Waals surface area (Å²) in [5.74, 6) is -0.208. The Hall–Kier alpha value is -3.31. The molecule has 0 saturated carbocycles. The molecular formula is C25H26N2O3. The van der Waals surface area contributed by atoms with Crippen LogP contribution in [0.4, 0.5) is 5.69 Å². The van der Waals surface area contributed by atoms with E-state index in [1.165, 1.54) is 0 Å². The van der Waals surface area contributed by atoms with Crippen molar-refractivity contribution in [1.82, 2.24) is 4.90 Å². The van der Waals surface area contributed by atoms with Crippen LogP contribution in [-0.4, -0.2) is 43.2 Å². The lowest BCUT2D eigenvalue weighted by Crippen LogP contribution is -2.34. The molecule has 1 heterocycles. The number of para-hydroxylation sites is 1. The molecule has 0 amide bonds. The van der Waals surface area contributed by atoms with Crippen molar-refractivity contribution < 1.29 is 14.6 Å². The molecule has 5 nitrogen and oxygen atoms in total. The van der Waals surface area contributed by atoms with Crippen LogP contribution in [0.1, 0.15) is 17.2 Å². The lowest BCUT2D eigenvalue weighted by Gasteiger charge is -2.27. The summed E-state index contributed by atoms with van der Waals surface area (Å²) in [4.78, 5) is 16.3. The molecule has 0 aromatic heterocycles. The first-order valence-corrected chi connectivity index (χ1v) is 10.1. The van der Waals surface area contributed by atoms with E-state index in [1.54, 1.807) is 0 Å². The van der Waals surface area contributed by atoms with E-state index in [-0.39, 0.29) is 0 Å². The van der Waals surface area contributed by atoms with Crippen LogP contribution in [0.25, 0.3) is 11.1 Å². The van der Waals surface area contributed by atoms with E-state index >= 15 is 0 Å². The molecule has 0 fully saturated rings. The van der Waals surface area contributed by atoms with Gasteiger partial charge in [-0.3, -0.25) is 9.69 Å². The number of nitrogens with zero attached hydrogens (tertiary/aromatic N) is 2. The van der Waals surface area contributed by atoms with Crippen molar-refractivity contribution in [1.29, 1.82) is 0 Å². The van der Waals surface area contributed by atoms with Crippen LogP contribution >= 0.6 is 0 Å². The Morgan fingerprint density at radius 3 is 2.47 bits per heavy atom. The Labute approximate surface area is 177 Å². The number of carboxylic acid groups (broad SMARTS) is 1. The van der Waals surface area contributed by atoms with Gasteiger partial charge in [-0.1, -0.05) is 54.6 Å². The molecule has 1 atom stereocenters. The summed E-state index contributed by atoms with van der Waals surface area (Å²) in [6.07, 6.45) is 0. The fourth-order valence-corrected chi connectivity index (χ4v) is 3.99. The minimum Gasteiger partial charge on any atom is -0.492 e. The SMILES string of the molecule is CN(C)c1ccc(-c2ccccc2CN2CCOc3ccccc3C2C(=O)O)cc1. The summed E-state index contributed by atoms with van der Waals surface area (Å²) in [5.41, 5.74) is 5.18. The van der Waals surface area contributed by atoms with E-state index in [1.807, 2.05) is 55.4 Å². The Morgan fingerprint density at radius 2 is 1.73 bits per heavy atom. The predicted molar refractivity (Wildman–Crippen MR) is 119 cm³/mol. The third-order valence-corrected chi connectivity index (χ3v) is 5.53. The second kappa shape index (κ2) is 8.59. The zero-order valence-corrected chi connectivity index (χ0v) is 17.3. The highest BCUT2D eigenvalue weighted by molar-refractivity contribution is 5.77. The van der Waals surface area contributed by atoms with Gasteiger partial charge in [0.15, 0.2) is 0 Å². The van der Waals surface area contributed by atoms with Crippen molar-refractivity contribution in [3.05, 3.63) is 83.9 Å². The van der Waals surface area contributed by atoms with E-state index < -0.39 is 12.0 Å². The van der Waals surface area contributed by atoms with Gasteiger partial charge in [-0.15, -0.1) is 0 Å². The van der Waals surface area contributed by atoms with E-state index in [4.69, 9.17) is 4.74 Å². The van der Waals surface area contributed by atoms with Crippen LogP contribution in [0.15, 0.2) is 72.8 Å². The van der Waals surface area contributed by atoms with Crippen molar-refractivity contribution in [2.24, 2.45) is 0 Å². The zero-order chi connectivity index (χ0) is 21.1. The average Bonchev–Trinajstić information content (AvgIpc) is 2.93. The molecule has 0 aliphatic carbocycles. The fourth-order valence-electron chi connectivity index (χ4n) is 3.99. The molecule has 30 heavy (non-hydrogen) atoms. The third kappa shape index (κ3) is 4.02. The van der Waals surface area contributed by atoms with Gasteiger partial charge in [0.2, 0.25) is 0 Å². The van der Waals surface area contributed by atoms with Crippen molar-refractivity contribution in [3.63, 3.8) is 0 Å². The Morgan fingerprint density at radius 1 is 1.03 bits per heavy atom. The summed E-state index contributed by atoms with van der Waals surface area (Å²) >= 11 is 0. The average molecular weight is 402 g/mol. The number of aliphatic carboxylic acids is 1. The number of benzene rings is 3. The minimum absolute atomic E-state index is 0.459. The summed E-state index contributed by atoms with van der Waals surface area (Å²) in [6.45, 7) is 1.53. The minimum atomic E-state index is -0.860. The van der Waals surface area contributed by atoms with Crippen molar-refractivity contribution >= 4 is 11.7 Å². The first kappa shape index (κ1) is 20.0. The molecule has 1 aliphatic rings. The van der Waals surface area contributed by atoms with Crippen LogP contribution in [0.5, 0.6) is 5.75 Å². The van der Waals surface area contributed by atoms with Gasteiger partial charge < -0.3 is 14.7 Å². The number of carboxylic acids is 1. The molecule has 1 unspecified atom stereocenters. The summed E-state index contributed by atoms with van der Waals surface area (Å²) < 4.78 is 5.84. The number of fused-ring (bicyclic) bond motifs is 1. The third-order valence-electron chi connectivity index (χ3n) is 5.53. The molecule has 0 saturated heterocycles. The molecule has 5 heteroatoms. The zero-order valence-electron chi connectivity index (χ0n) is 17.3. The second-order valence-corrected chi connectivity index (χ2v) is 7.70. The molecule has 4 rings (SSSR count). The van der Waals surface area contributed by atoms with Crippen molar-refractivity contribution in [2.45, 2.75) is 12.6 Å². The van der Waals surface area contributed by atoms with Gasteiger partial charge >= 0.3 is 5.97 Å². The lowest BCUT2D eigenvalue weighted by atomic mass is 9.97. The van der Waals surface area contributed by atoms with Gasteiger partial charge in [-0.2, -0.15) is 0 Å². The van der Waals surface area contributed by atoms with Gasteiger partial charge in [0, 0.05) is 38.4 Å². The highest BCUT2D eigenvalue weighted by Gasteiger charge is 2.32. The quantitative estimate of drug-likeness (QED) is 0.684. The van der Waals surface area contributed by atoms with Crippen LogP contribution in [-0.2, 0) is 11.3 Å². The number of anilines is 1. The summed E-state index contributed by atoms with van der Waals surface area (Å²) in [5, 5.41) is 10.0. The maximum Gasteiger partial charge on any atom is 0.325 e. The Bertz CT molecular complexity index is 1030. The van der Waals surface area contributed by atoms with Gasteiger partial charge in [0.1, 0.15) is 18.4 Å². The van der Waals surface area contributed by atoms with Gasteiger partial charge in [0.05, 0.1) is 0 Å². The number of hydrogen-bond donors (Lipinski definition) is 1. The van der Waals surface area contributed by atoms with Crippen LogP contribution in [0, 0.1) is 0 Å². The second-order valence-electron chi connectivity index (χ2n) is 7.70. The highest BCUT2D eigenvalue weighted by atomic mass is 16.5. The molecule has 3 aromatic carbocycles. The standard InChI is InChI=1S/C25H26N2O3/c1-26(2)20-13-11-18(12-14-20)21-8-4-3-7-19(21)17-27-15-16-30-23-10-6-5-9-22(23)24(27)25(28)29/h3-14,24H,15-17H2,1-2H3,(H,28,29). The van der Waals surface area contributed by atoms with Gasteiger partial charge in [-0.05, 0) is 34.9 Å². The normalized spacial score (nSPS) is 16.3. The van der Waals surface area contributed by atoms with E-state index in [0.29, 0.717) is 31.0 Å².